The summed E-state index contributed by atoms with van der Waals surface area (Å²) >= 11 is 0. The van der Waals surface area contributed by atoms with Gasteiger partial charge in [0.15, 0.2) is 0 Å². The van der Waals surface area contributed by atoms with Crippen molar-refractivity contribution in [1.82, 2.24) is 9.21 Å². The quantitative estimate of drug-likeness (QED) is 0.678. The number of rotatable bonds is 3. The standard InChI is InChI=1S/C21H25N3O3S.C2HF3O2/c1-17-7-6-10-19(13-17)28(26,27)23-12-11-21(15-23)16-24(20(25)14-22(21)2)18-8-4-3-5-9-18;3-2(4,5)1(6)7/h3-10,13H,11-12,14-16H2,1-2H3;(H,6,7). The Morgan fingerprint density at radius 1 is 1.06 bits per heavy atom. The van der Waals surface area contributed by atoms with E-state index in [0.717, 1.165) is 11.3 Å². The summed E-state index contributed by atoms with van der Waals surface area (Å²) in [5.74, 6) is -2.72. The maximum absolute atomic E-state index is 13.2. The van der Waals surface area contributed by atoms with Crippen molar-refractivity contribution in [3.8, 4) is 0 Å². The molecule has 4 rings (SSSR count). The molecule has 2 saturated heterocycles. The van der Waals surface area contributed by atoms with Crippen LogP contribution in [0.25, 0.3) is 0 Å². The number of alkyl halides is 3. The lowest BCUT2D eigenvalue weighted by Crippen LogP contribution is -2.64. The van der Waals surface area contributed by atoms with E-state index < -0.39 is 22.2 Å². The highest BCUT2D eigenvalue weighted by Gasteiger charge is 2.50. The minimum Gasteiger partial charge on any atom is -0.475 e. The molecule has 0 saturated carbocycles. The van der Waals surface area contributed by atoms with Gasteiger partial charge in [-0.05, 0) is 50.2 Å². The molecule has 12 heteroatoms. The number of likely N-dealkylation sites (N-methyl/N-ethyl adjacent to an activating group) is 1. The van der Waals surface area contributed by atoms with Crippen LogP contribution in [0, 0.1) is 6.92 Å². The molecule has 0 aliphatic carbocycles. The lowest BCUT2D eigenvalue weighted by molar-refractivity contribution is -0.192. The number of carboxylic acids is 1. The first-order valence-electron chi connectivity index (χ1n) is 10.7. The third kappa shape index (κ3) is 5.82. The largest absolute Gasteiger partial charge is 0.490 e. The van der Waals surface area contributed by atoms with Gasteiger partial charge in [-0.3, -0.25) is 9.69 Å². The second-order valence-electron chi connectivity index (χ2n) is 8.60. The smallest absolute Gasteiger partial charge is 0.475 e. The van der Waals surface area contributed by atoms with Gasteiger partial charge in [-0.25, -0.2) is 13.2 Å². The highest BCUT2D eigenvalue weighted by Crippen LogP contribution is 2.35. The SMILES string of the molecule is Cc1cccc(S(=O)(=O)N2CCC3(CN(c4ccccc4)C(=O)CN3C)C2)c1.O=C(O)C(F)(F)F. The molecule has 1 N–H and O–H groups in total. The van der Waals surface area contributed by atoms with E-state index in [1.54, 1.807) is 27.4 Å². The van der Waals surface area contributed by atoms with Crippen molar-refractivity contribution in [3.05, 3.63) is 60.2 Å². The Labute approximate surface area is 201 Å². The first-order valence-corrected chi connectivity index (χ1v) is 12.1. The molecule has 0 radical (unpaired) electrons. The van der Waals surface area contributed by atoms with E-state index in [2.05, 4.69) is 0 Å². The summed E-state index contributed by atoms with van der Waals surface area (Å²) in [6.45, 7) is 3.51. The van der Waals surface area contributed by atoms with Gasteiger partial charge in [-0.2, -0.15) is 17.5 Å². The molecule has 8 nitrogen and oxygen atoms in total. The summed E-state index contributed by atoms with van der Waals surface area (Å²) < 4.78 is 59.6. The van der Waals surface area contributed by atoms with Gasteiger partial charge in [0, 0.05) is 25.3 Å². The van der Waals surface area contributed by atoms with Crippen LogP contribution < -0.4 is 4.90 Å². The van der Waals surface area contributed by atoms with Gasteiger partial charge in [0.25, 0.3) is 0 Å². The Bertz CT molecular complexity index is 1190. The first-order chi connectivity index (χ1) is 16.3. The number of carbonyl (C=O) groups excluding carboxylic acids is 1. The zero-order valence-electron chi connectivity index (χ0n) is 19.2. The molecule has 1 spiro atoms. The van der Waals surface area contributed by atoms with Gasteiger partial charge < -0.3 is 10.0 Å². The van der Waals surface area contributed by atoms with Crippen molar-refractivity contribution in [3.63, 3.8) is 0 Å². The van der Waals surface area contributed by atoms with Gasteiger partial charge in [0.05, 0.1) is 17.0 Å². The highest BCUT2D eigenvalue weighted by atomic mass is 32.2. The second kappa shape index (κ2) is 9.96. The fourth-order valence-electron chi connectivity index (χ4n) is 4.19. The summed E-state index contributed by atoms with van der Waals surface area (Å²) in [7, 11) is -1.63. The van der Waals surface area contributed by atoms with Crippen molar-refractivity contribution in [2.24, 2.45) is 0 Å². The number of para-hydroxylation sites is 1. The minimum atomic E-state index is -5.08. The number of carbonyl (C=O) groups is 2. The molecule has 2 aliphatic rings. The third-order valence-corrected chi connectivity index (χ3v) is 8.01. The molecule has 2 aromatic rings. The number of nitrogens with zero attached hydrogens (tertiary/aromatic N) is 3. The van der Waals surface area contributed by atoms with Crippen LogP contribution >= 0.6 is 0 Å². The maximum Gasteiger partial charge on any atom is 0.490 e. The third-order valence-electron chi connectivity index (χ3n) is 6.17. The van der Waals surface area contributed by atoms with Crippen LogP contribution in [0.4, 0.5) is 18.9 Å². The van der Waals surface area contributed by atoms with E-state index in [4.69, 9.17) is 9.90 Å². The number of piperazine rings is 1. The number of halogens is 3. The molecular weight excluding hydrogens is 487 g/mol. The molecule has 2 aliphatic heterocycles. The average Bonchev–Trinajstić information content (AvgIpc) is 3.23. The zero-order valence-corrected chi connectivity index (χ0v) is 20.0. The van der Waals surface area contributed by atoms with Crippen molar-refractivity contribution < 1.29 is 36.3 Å². The van der Waals surface area contributed by atoms with E-state index in [9.17, 15) is 26.4 Å². The first kappa shape index (κ1) is 26.6. The maximum atomic E-state index is 13.2. The van der Waals surface area contributed by atoms with E-state index in [1.807, 2.05) is 55.3 Å². The number of aliphatic carboxylic acids is 1. The minimum absolute atomic E-state index is 0.0410. The molecular formula is C23H26F3N3O5S. The van der Waals surface area contributed by atoms with Crippen LogP contribution in [0.3, 0.4) is 0 Å². The fraction of sp³-hybridized carbons (Fsp3) is 0.391. The Kier molecular flexibility index (Phi) is 7.58. The van der Waals surface area contributed by atoms with E-state index >= 15 is 0 Å². The number of benzene rings is 2. The van der Waals surface area contributed by atoms with Crippen LogP contribution in [-0.2, 0) is 19.6 Å². The Hall–Kier alpha value is -2.96. The topological polar surface area (TPSA) is 98.2 Å². The Morgan fingerprint density at radius 2 is 1.69 bits per heavy atom. The van der Waals surface area contributed by atoms with Gasteiger partial charge in [0.1, 0.15) is 0 Å². The summed E-state index contributed by atoms with van der Waals surface area (Å²) in [5, 5.41) is 7.12. The number of anilines is 1. The van der Waals surface area contributed by atoms with E-state index in [-0.39, 0.29) is 18.0 Å². The number of aryl methyl sites for hydroxylation is 1. The van der Waals surface area contributed by atoms with Gasteiger partial charge in [0.2, 0.25) is 15.9 Å². The summed E-state index contributed by atoms with van der Waals surface area (Å²) in [5.41, 5.74) is 1.41. The van der Waals surface area contributed by atoms with Gasteiger partial charge in [-0.1, -0.05) is 30.3 Å². The fourth-order valence-corrected chi connectivity index (χ4v) is 5.82. The van der Waals surface area contributed by atoms with E-state index in [1.165, 1.54) is 0 Å². The summed E-state index contributed by atoms with van der Waals surface area (Å²) in [4.78, 5) is 25.7. The van der Waals surface area contributed by atoms with Crippen LogP contribution in [0.1, 0.15) is 12.0 Å². The van der Waals surface area contributed by atoms with Crippen molar-refractivity contribution in [1.29, 1.82) is 0 Å². The van der Waals surface area contributed by atoms with Crippen LogP contribution in [0.2, 0.25) is 0 Å². The zero-order chi connectivity index (χ0) is 26.0. The van der Waals surface area contributed by atoms with Crippen LogP contribution in [0.5, 0.6) is 0 Å². The molecule has 0 aromatic heterocycles. The van der Waals surface area contributed by atoms with Crippen molar-refractivity contribution in [2.75, 3.05) is 38.1 Å². The number of hydrogen-bond acceptors (Lipinski definition) is 5. The monoisotopic (exact) mass is 513 g/mol. The van der Waals surface area contributed by atoms with Crippen molar-refractivity contribution >= 4 is 27.6 Å². The van der Waals surface area contributed by atoms with Crippen LogP contribution in [-0.4, -0.2) is 79.5 Å². The molecule has 35 heavy (non-hydrogen) atoms. The second-order valence-corrected chi connectivity index (χ2v) is 10.5. The Morgan fingerprint density at radius 3 is 2.26 bits per heavy atom. The lowest BCUT2D eigenvalue weighted by Gasteiger charge is -2.46. The van der Waals surface area contributed by atoms with Gasteiger partial charge in [-0.15, -0.1) is 0 Å². The predicted molar refractivity (Wildman–Crippen MR) is 122 cm³/mol. The number of sulfonamides is 1. The average molecular weight is 514 g/mol. The molecule has 1 unspecified atom stereocenters. The summed E-state index contributed by atoms with van der Waals surface area (Å²) in [6.07, 6.45) is -4.38. The van der Waals surface area contributed by atoms with E-state index in [0.29, 0.717) is 31.0 Å². The van der Waals surface area contributed by atoms with Crippen molar-refractivity contribution in [2.45, 2.75) is 30.0 Å². The molecule has 190 valence electrons. The molecule has 1 amide bonds. The molecule has 2 heterocycles. The number of hydrogen-bond donors (Lipinski definition) is 1. The highest BCUT2D eigenvalue weighted by molar-refractivity contribution is 7.89. The molecule has 2 fully saturated rings. The normalized spacial score (nSPS) is 21.6. The molecule has 1 atom stereocenters. The lowest BCUT2D eigenvalue weighted by atomic mass is 9.92. The Balaban J connectivity index is 0.000000429. The van der Waals surface area contributed by atoms with Gasteiger partial charge >= 0.3 is 12.1 Å². The summed E-state index contributed by atoms with van der Waals surface area (Å²) in [6, 6.07) is 16.6. The predicted octanol–water partition coefficient (Wildman–Crippen LogP) is 2.74. The number of carboxylic acid groups (broad SMARTS) is 1. The number of amides is 1. The molecule has 2 aromatic carbocycles. The molecule has 0 bridgehead atoms. The van der Waals surface area contributed by atoms with Crippen LogP contribution in [0.15, 0.2) is 59.5 Å².